The lowest BCUT2D eigenvalue weighted by atomic mass is 10.2. The van der Waals surface area contributed by atoms with Gasteiger partial charge < -0.3 is 0 Å². The zero-order valence-electron chi connectivity index (χ0n) is 5.37. The van der Waals surface area contributed by atoms with Crippen molar-refractivity contribution in [1.29, 1.82) is 0 Å². The van der Waals surface area contributed by atoms with Gasteiger partial charge in [-0.1, -0.05) is 6.07 Å². The zero-order chi connectivity index (χ0) is 7.40. The van der Waals surface area contributed by atoms with Crippen LogP contribution >= 0.6 is 11.3 Å². The molecule has 0 aliphatic heterocycles. The first kappa shape index (κ1) is 7.44. The Labute approximate surface area is 63.1 Å². The summed E-state index contributed by atoms with van der Waals surface area (Å²) in [5.41, 5.74) is 0. The van der Waals surface area contributed by atoms with Crippen molar-refractivity contribution in [3.8, 4) is 0 Å². The summed E-state index contributed by atoms with van der Waals surface area (Å²) in [4.78, 5) is 11.6. The molecule has 1 aromatic heterocycles. The van der Waals surface area contributed by atoms with E-state index in [1.165, 1.54) is 11.3 Å². The fourth-order valence-corrected chi connectivity index (χ4v) is 1.35. The number of carbonyl (C=O) groups excluding carboxylic acids is 1. The molecule has 0 amide bonds. The molecule has 1 aromatic rings. The molecule has 0 aromatic carbocycles. The topological polar surface area (TPSA) is 37.0 Å². The van der Waals surface area contributed by atoms with Gasteiger partial charge in [0, 0.05) is 6.42 Å². The van der Waals surface area contributed by atoms with Gasteiger partial charge >= 0.3 is 0 Å². The quantitative estimate of drug-likeness (QED) is 0.612. The van der Waals surface area contributed by atoms with E-state index in [1.807, 2.05) is 11.4 Å². The molecule has 0 bridgehead atoms. The second-order valence-electron chi connectivity index (χ2n) is 1.85. The Morgan fingerprint density at radius 2 is 2.40 bits per heavy atom. The van der Waals surface area contributed by atoms with Crippen LogP contribution in [0.15, 0.2) is 17.5 Å². The number of hydrogen-bond donors (Lipinski definition) is 0. The highest BCUT2D eigenvalue weighted by molar-refractivity contribution is 7.12. The fourth-order valence-electron chi connectivity index (χ4n) is 0.653. The third-order valence-corrected chi connectivity index (χ3v) is 2.04. The van der Waals surface area contributed by atoms with Crippen molar-refractivity contribution in [2.24, 2.45) is 0 Å². The van der Waals surface area contributed by atoms with Gasteiger partial charge in [-0.2, -0.15) is 0 Å². The summed E-state index contributed by atoms with van der Waals surface area (Å²) >= 11 is 1.38. The molecule has 1 heterocycles. The predicted octanol–water partition coefficient (Wildman–Crippen LogP) is 1.75. The maximum absolute atomic E-state index is 10.9. The molecule has 0 N–H and O–H groups in total. The third-order valence-electron chi connectivity index (χ3n) is 1.13. The number of Topliss-reactive ketones (excluding diaryl/α,β-unsaturated/α-hetero) is 1. The zero-order valence-corrected chi connectivity index (χ0v) is 6.19. The molecule has 0 unspecified atom stereocenters. The Hall–Kier alpha value is -0.670. The lowest BCUT2D eigenvalue weighted by Crippen LogP contribution is -1.97. The second kappa shape index (κ2) is 3.49. The van der Waals surface area contributed by atoms with Crippen molar-refractivity contribution in [3.05, 3.63) is 22.4 Å². The van der Waals surface area contributed by atoms with Gasteiger partial charge in [0.2, 0.25) is 0 Å². The minimum Gasteiger partial charge on any atom is -0.293 e. The van der Waals surface area contributed by atoms with Gasteiger partial charge in [0.1, 0.15) is 0 Å². The number of thiophene rings is 1. The Morgan fingerprint density at radius 1 is 1.60 bits per heavy atom. The summed E-state index contributed by atoms with van der Waals surface area (Å²) < 4.78 is 0. The molecule has 0 saturated heterocycles. The van der Waals surface area contributed by atoms with Crippen LogP contribution in [0.25, 0.3) is 0 Å². The van der Waals surface area contributed by atoms with Gasteiger partial charge in [-0.25, -0.2) is 5.11 Å². The highest BCUT2D eigenvalue weighted by Gasteiger charge is 2.04. The van der Waals surface area contributed by atoms with Crippen molar-refractivity contribution in [3.63, 3.8) is 0 Å². The van der Waals surface area contributed by atoms with Crippen LogP contribution in [0.3, 0.4) is 0 Å². The van der Waals surface area contributed by atoms with Crippen molar-refractivity contribution in [2.75, 3.05) is 6.61 Å². The Morgan fingerprint density at radius 3 is 2.90 bits per heavy atom. The minimum atomic E-state index is -0.309. The summed E-state index contributed by atoms with van der Waals surface area (Å²) in [7, 11) is 0. The van der Waals surface area contributed by atoms with Gasteiger partial charge in [-0.05, 0) is 11.4 Å². The van der Waals surface area contributed by atoms with Crippen molar-refractivity contribution in [2.45, 2.75) is 6.42 Å². The lowest BCUT2D eigenvalue weighted by molar-refractivity contribution is 0.0928. The Kier molecular flexibility index (Phi) is 2.59. The van der Waals surface area contributed by atoms with E-state index < -0.39 is 0 Å². The van der Waals surface area contributed by atoms with E-state index in [0.717, 1.165) is 0 Å². The first-order valence-electron chi connectivity index (χ1n) is 2.99. The first-order chi connectivity index (χ1) is 4.84. The molecule has 0 fully saturated rings. The van der Waals surface area contributed by atoms with Gasteiger partial charge in [-0.15, -0.1) is 11.3 Å². The van der Waals surface area contributed by atoms with Crippen LogP contribution in [0.5, 0.6) is 0 Å². The van der Waals surface area contributed by atoms with Crippen molar-refractivity contribution >= 4 is 17.1 Å². The average molecular weight is 155 g/mol. The van der Waals surface area contributed by atoms with Gasteiger partial charge in [0.25, 0.3) is 0 Å². The van der Waals surface area contributed by atoms with E-state index in [4.69, 9.17) is 0 Å². The van der Waals surface area contributed by atoms with E-state index in [-0.39, 0.29) is 18.8 Å². The smallest absolute Gasteiger partial charge is 0.175 e. The summed E-state index contributed by atoms with van der Waals surface area (Å²) in [6.07, 6.45) is 0.126. The normalized spacial score (nSPS) is 9.70. The summed E-state index contributed by atoms with van der Waals surface area (Å²) in [5, 5.41) is 11.9. The SMILES string of the molecule is [O]CCC(=O)c1cccs1. The van der Waals surface area contributed by atoms with E-state index in [1.54, 1.807) is 6.07 Å². The van der Waals surface area contributed by atoms with E-state index >= 15 is 0 Å². The van der Waals surface area contributed by atoms with E-state index in [9.17, 15) is 9.90 Å². The van der Waals surface area contributed by atoms with Crippen LogP contribution in [0.1, 0.15) is 16.1 Å². The molecule has 0 aliphatic rings. The number of carbonyl (C=O) groups is 1. The molecular weight excluding hydrogens is 148 g/mol. The van der Waals surface area contributed by atoms with Crippen LogP contribution in [-0.2, 0) is 5.11 Å². The van der Waals surface area contributed by atoms with E-state index in [2.05, 4.69) is 0 Å². The summed E-state index contributed by atoms with van der Waals surface area (Å²) in [6, 6.07) is 3.55. The van der Waals surface area contributed by atoms with Gasteiger partial charge in [0.15, 0.2) is 5.78 Å². The Balaban J connectivity index is 2.59. The molecule has 0 aliphatic carbocycles. The number of rotatable bonds is 3. The molecule has 3 heteroatoms. The molecule has 10 heavy (non-hydrogen) atoms. The number of hydrogen-bond acceptors (Lipinski definition) is 2. The number of ketones is 1. The van der Waals surface area contributed by atoms with Crippen LogP contribution in [0, 0.1) is 0 Å². The monoisotopic (exact) mass is 155 g/mol. The van der Waals surface area contributed by atoms with Gasteiger partial charge in [-0.3, -0.25) is 4.79 Å². The predicted molar refractivity (Wildman–Crippen MR) is 38.8 cm³/mol. The maximum atomic E-state index is 10.9. The van der Waals surface area contributed by atoms with Crippen LogP contribution in [0.4, 0.5) is 0 Å². The standard InChI is InChI=1S/C7H7O2S/c8-4-3-6(9)7-2-1-5-10-7/h1-2,5H,3-4H2. The van der Waals surface area contributed by atoms with E-state index in [0.29, 0.717) is 4.88 Å². The minimum absolute atomic E-state index is 0.0370. The van der Waals surface area contributed by atoms with Crippen LogP contribution in [0.2, 0.25) is 0 Å². The van der Waals surface area contributed by atoms with Crippen LogP contribution < -0.4 is 0 Å². The summed E-state index contributed by atoms with van der Waals surface area (Å²) in [6.45, 7) is -0.309. The molecular formula is C7H7O2S. The molecule has 1 rings (SSSR count). The van der Waals surface area contributed by atoms with Crippen LogP contribution in [-0.4, -0.2) is 12.4 Å². The molecule has 53 valence electrons. The molecule has 0 atom stereocenters. The van der Waals surface area contributed by atoms with Crippen molar-refractivity contribution in [1.82, 2.24) is 0 Å². The first-order valence-corrected chi connectivity index (χ1v) is 3.87. The Bertz CT molecular complexity index is 203. The lowest BCUT2D eigenvalue weighted by Gasteiger charge is -1.89. The average Bonchev–Trinajstić information content (AvgIpc) is 2.38. The summed E-state index contributed by atoms with van der Waals surface area (Å²) in [5.74, 6) is -0.0370. The molecule has 1 radical (unpaired) electrons. The van der Waals surface area contributed by atoms with Gasteiger partial charge in [0.05, 0.1) is 11.5 Å². The molecule has 2 nitrogen and oxygen atoms in total. The highest BCUT2D eigenvalue weighted by atomic mass is 32.1. The second-order valence-corrected chi connectivity index (χ2v) is 2.80. The molecule has 0 saturated carbocycles. The maximum Gasteiger partial charge on any atom is 0.175 e. The van der Waals surface area contributed by atoms with Crippen molar-refractivity contribution < 1.29 is 9.90 Å². The molecule has 0 spiro atoms. The highest BCUT2D eigenvalue weighted by Crippen LogP contribution is 2.10. The fraction of sp³-hybridized carbons (Fsp3) is 0.286. The largest absolute Gasteiger partial charge is 0.293 e. The third kappa shape index (κ3) is 1.65.